The Labute approximate surface area is 172 Å². The molecule has 4 aliphatic rings. The Hall–Kier alpha value is -1.92. The second-order valence-electron chi connectivity index (χ2n) is 9.44. The molecule has 0 aromatic heterocycles. The number of likely N-dealkylation sites (tertiary alicyclic amines) is 1. The normalized spacial score (nSPS) is 26.6. The van der Waals surface area contributed by atoms with E-state index in [0.717, 1.165) is 31.1 Å². The molecule has 1 unspecified atom stereocenters. The summed E-state index contributed by atoms with van der Waals surface area (Å²) >= 11 is 0. The Morgan fingerprint density at radius 1 is 1.17 bits per heavy atom. The van der Waals surface area contributed by atoms with E-state index in [1.165, 1.54) is 12.8 Å². The van der Waals surface area contributed by atoms with Gasteiger partial charge in [-0.15, -0.1) is 0 Å². The van der Waals surface area contributed by atoms with Gasteiger partial charge >= 0.3 is 0 Å². The second kappa shape index (κ2) is 7.10. The molecule has 5 rings (SSSR count). The summed E-state index contributed by atoms with van der Waals surface area (Å²) in [5, 5.41) is 0. The zero-order chi connectivity index (χ0) is 20.2. The summed E-state index contributed by atoms with van der Waals surface area (Å²) in [7, 11) is 0. The lowest BCUT2D eigenvalue weighted by Gasteiger charge is -2.62. The molecular weight excluding hydrogens is 366 g/mol. The monoisotopic (exact) mass is 397 g/mol. The molecule has 1 saturated carbocycles. The first-order chi connectivity index (χ1) is 14.0. The molecule has 2 amide bonds. The van der Waals surface area contributed by atoms with Crippen LogP contribution in [0.3, 0.4) is 0 Å². The van der Waals surface area contributed by atoms with Gasteiger partial charge in [-0.3, -0.25) is 14.5 Å². The fraction of sp³-hybridized carbons (Fsp3) is 0.652. The van der Waals surface area contributed by atoms with Gasteiger partial charge in [-0.2, -0.15) is 0 Å². The minimum atomic E-state index is -0.441. The number of ether oxygens (including phenoxy) is 1. The van der Waals surface area contributed by atoms with Crippen LogP contribution >= 0.6 is 0 Å². The maximum Gasteiger partial charge on any atom is 0.254 e. The summed E-state index contributed by atoms with van der Waals surface area (Å²) in [6, 6.07) is 7.81. The number of amides is 2. The molecule has 1 aromatic carbocycles. The zero-order valence-electron chi connectivity index (χ0n) is 17.5. The molecular formula is C23H31N3O3. The van der Waals surface area contributed by atoms with Gasteiger partial charge < -0.3 is 14.5 Å². The number of hydrogen-bond acceptors (Lipinski definition) is 4. The van der Waals surface area contributed by atoms with Crippen molar-refractivity contribution in [2.45, 2.75) is 44.2 Å². The van der Waals surface area contributed by atoms with Crippen molar-refractivity contribution in [1.29, 1.82) is 0 Å². The highest BCUT2D eigenvalue weighted by Crippen LogP contribution is 2.49. The predicted molar refractivity (Wildman–Crippen MR) is 110 cm³/mol. The first kappa shape index (κ1) is 19.1. The smallest absolute Gasteiger partial charge is 0.254 e. The number of carbonyl (C=O) groups is 2. The number of nitrogens with zero attached hydrogens (tertiary/aromatic N) is 3. The maximum atomic E-state index is 13.9. The minimum absolute atomic E-state index is 0.0546. The van der Waals surface area contributed by atoms with Gasteiger partial charge in [0.05, 0.1) is 24.7 Å². The number of fused-ring (bicyclic) bond motifs is 1. The number of rotatable bonds is 4. The lowest BCUT2D eigenvalue weighted by atomic mass is 9.67. The van der Waals surface area contributed by atoms with Crippen molar-refractivity contribution < 1.29 is 14.3 Å². The van der Waals surface area contributed by atoms with Gasteiger partial charge in [0, 0.05) is 44.3 Å². The highest BCUT2D eigenvalue weighted by Gasteiger charge is 2.61. The average molecular weight is 398 g/mol. The first-order valence-corrected chi connectivity index (χ1v) is 11.0. The SMILES string of the molecule is CC(C)N1C(=O)c2ccccc2C(C(=O)N2CCOCC2)C12CN(CC1CC1)C2. The number of hydrogen-bond donors (Lipinski definition) is 0. The highest BCUT2D eigenvalue weighted by atomic mass is 16.5. The number of morpholine rings is 1. The Balaban J connectivity index is 1.56. The van der Waals surface area contributed by atoms with Gasteiger partial charge in [0.2, 0.25) is 5.91 Å². The van der Waals surface area contributed by atoms with Gasteiger partial charge in [-0.05, 0) is 44.2 Å². The topological polar surface area (TPSA) is 53.1 Å². The molecule has 0 bridgehead atoms. The van der Waals surface area contributed by atoms with Gasteiger partial charge in [-0.1, -0.05) is 18.2 Å². The summed E-state index contributed by atoms with van der Waals surface area (Å²) in [4.78, 5) is 33.8. The van der Waals surface area contributed by atoms with E-state index in [1.807, 2.05) is 34.1 Å². The Morgan fingerprint density at radius 3 is 2.52 bits per heavy atom. The fourth-order valence-electron chi connectivity index (χ4n) is 5.64. The van der Waals surface area contributed by atoms with Crippen molar-refractivity contribution in [2.75, 3.05) is 45.9 Å². The van der Waals surface area contributed by atoms with E-state index in [-0.39, 0.29) is 23.8 Å². The lowest BCUT2D eigenvalue weighted by molar-refractivity contribution is -0.148. The van der Waals surface area contributed by atoms with Crippen LogP contribution in [0, 0.1) is 5.92 Å². The van der Waals surface area contributed by atoms with E-state index in [1.54, 1.807) is 0 Å². The zero-order valence-corrected chi connectivity index (χ0v) is 17.5. The van der Waals surface area contributed by atoms with Crippen LogP contribution in [-0.4, -0.2) is 84.0 Å². The largest absolute Gasteiger partial charge is 0.378 e. The van der Waals surface area contributed by atoms with E-state index in [0.29, 0.717) is 31.9 Å². The molecule has 6 nitrogen and oxygen atoms in total. The third-order valence-corrected chi connectivity index (χ3v) is 7.03. The van der Waals surface area contributed by atoms with Gasteiger partial charge in [0.1, 0.15) is 0 Å². The highest BCUT2D eigenvalue weighted by molar-refractivity contribution is 6.02. The molecule has 1 aliphatic carbocycles. The third kappa shape index (κ3) is 3.08. The first-order valence-electron chi connectivity index (χ1n) is 11.0. The molecule has 1 aromatic rings. The van der Waals surface area contributed by atoms with Crippen molar-refractivity contribution in [3.63, 3.8) is 0 Å². The molecule has 1 atom stereocenters. The molecule has 6 heteroatoms. The van der Waals surface area contributed by atoms with Crippen LogP contribution in [0.25, 0.3) is 0 Å². The van der Waals surface area contributed by atoms with Gasteiger partial charge in [0.15, 0.2) is 0 Å². The number of benzene rings is 1. The van der Waals surface area contributed by atoms with E-state index in [4.69, 9.17) is 4.74 Å². The van der Waals surface area contributed by atoms with Crippen molar-refractivity contribution in [2.24, 2.45) is 5.92 Å². The molecule has 3 aliphatic heterocycles. The summed E-state index contributed by atoms with van der Waals surface area (Å²) < 4.78 is 5.48. The molecule has 2 saturated heterocycles. The van der Waals surface area contributed by atoms with Crippen LogP contribution in [0.5, 0.6) is 0 Å². The summed E-state index contributed by atoms with van der Waals surface area (Å²) in [5.74, 6) is 0.741. The molecule has 1 spiro atoms. The van der Waals surface area contributed by atoms with Crippen LogP contribution < -0.4 is 0 Å². The van der Waals surface area contributed by atoms with Crippen LogP contribution in [0.4, 0.5) is 0 Å². The van der Waals surface area contributed by atoms with Crippen molar-refractivity contribution in [1.82, 2.24) is 14.7 Å². The van der Waals surface area contributed by atoms with Crippen molar-refractivity contribution in [3.8, 4) is 0 Å². The van der Waals surface area contributed by atoms with Crippen molar-refractivity contribution >= 4 is 11.8 Å². The summed E-state index contributed by atoms with van der Waals surface area (Å²) in [5.41, 5.74) is 1.17. The molecule has 0 N–H and O–H groups in total. The van der Waals surface area contributed by atoms with E-state index >= 15 is 0 Å². The Morgan fingerprint density at radius 2 is 1.86 bits per heavy atom. The van der Waals surface area contributed by atoms with Crippen LogP contribution in [0.15, 0.2) is 24.3 Å². The molecule has 3 heterocycles. The second-order valence-corrected chi connectivity index (χ2v) is 9.44. The van der Waals surface area contributed by atoms with Crippen LogP contribution in [-0.2, 0) is 9.53 Å². The maximum absolute atomic E-state index is 13.9. The molecule has 156 valence electrons. The number of carbonyl (C=O) groups excluding carboxylic acids is 2. The van der Waals surface area contributed by atoms with Crippen molar-refractivity contribution in [3.05, 3.63) is 35.4 Å². The molecule has 29 heavy (non-hydrogen) atoms. The summed E-state index contributed by atoms with van der Waals surface area (Å²) in [6.45, 7) is 9.29. The standard InChI is InChI=1S/C23H31N3O3/c1-16(2)26-21(27)19-6-4-3-5-18(19)20(22(28)25-9-11-29-12-10-25)23(26)14-24(15-23)13-17-7-8-17/h3-6,16-17,20H,7-15H2,1-2H3. The van der Waals surface area contributed by atoms with E-state index in [2.05, 4.69) is 18.7 Å². The fourth-order valence-corrected chi connectivity index (χ4v) is 5.64. The molecule has 3 fully saturated rings. The molecule has 0 radical (unpaired) electrons. The average Bonchev–Trinajstić information content (AvgIpc) is 3.51. The summed E-state index contributed by atoms with van der Waals surface area (Å²) in [6.07, 6.45) is 2.63. The minimum Gasteiger partial charge on any atom is -0.378 e. The van der Waals surface area contributed by atoms with E-state index in [9.17, 15) is 9.59 Å². The van der Waals surface area contributed by atoms with E-state index < -0.39 is 5.54 Å². The van der Waals surface area contributed by atoms with Crippen LogP contribution in [0.1, 0.15) is 48.5 Å². The van der Waals surface area contributed by atoms with Crippen LogP contribution in [0.2, 0.25) is 0 Å². The predicted octanol–water partition coefficient (Wildman–Crippen LogP) is 1.96. The Bertz CT molecular complexity index is 807. The quantitative estimate of drug-likeness (QED) is 0.779. The Kier molecular flexibility index (Phi) is 4.67. The van der Waals surface area contributed by atoms with Gasteiger partial charge in [0.25, 0.3) is 5.91 Å². The third-order valence-electron chi connectivity index (χ3n) is 7.03. The lowest BCUT2D eigenvalue weighted by Crippen LogP contribution is -2.78. The van der Waals surface area contributed by atoms with Gasteiger partial charge in [-0.25, -0.2) is 0 Å².